The molecule has 0 radical (unpaired) electrons. The lowest BCUT2D eigenvalue weighted by atomic mass is 10.1. The zero-order valence-corrected chi connectivity index (χ0v) is 12.9. The third-order valence-electron chi connectivity index (χ3n) is 3.58. The topological polar surface area (TPSA) is 75.5 Å². The van der Waals surface area contributed by atoms with Crippen LogP contribution in [0.1, 0.15) is 36.2 Å². The first kappa shape index (κ1) is 17.1. The summed E-state index contributed by atoms with van der Waals surface area (Å²) in [6.07, 6.45) is 0.862. The molecule has 0 spiro atoms. The molecular formula is C15H23N3O3. The Morgan fingerprint density at radius 1 is 1.33 bits per heavy atom. The fraction of sp³-hybridized carbons (Fsp3) is 0.533. The van der Waals surface area contributed by atoms with E-state index in [1.54, 1.807) is 13.0 Å². The van der Waals surface area contributed by atoms with Crippen molar-refractivity contribution in [2.45, 2.75) is 27.2 Å². The fourth-order valence-corrected chi connectivity index (χ4v) is 2.21. The van der Waals surface area contributed by atoms with Gasteiger partial charge in [-0.05, 0) is 39.0 Å². The Morgan fingerprint density at radius 2 is 2.00 bits per heavy atom. The highest BCUT2D eigenvalue weighted by Gasteiger charge is 2.17. The zero-order chi connectivity index (χ0) is 15.8. The molecule has 1 amide bonds. The summed E-state index contributed by atoms with van der Waals surface area (Å²) in [5, 5.41) is 13.7. The van der Waals surface area contributed by atoms with Gasteiger partial charge in [-0.3, -0.25) is 14.9 Å². The lowest BCUT2D eigenvalue weighted by molar-refractivity contribution is -0.385. The van der Waals surface area contributed by atoms with Gasteiger partial charge in [-0.1, -0.05) is 19.9 Å². The highest BCUT2D eigenvalue weighted by atomic mass is 16.6. The van der Waals surface area contributed by atoms with E-state index in [1.807, 2.05) is 0 Å². The van der Waals surface area contributed by atoms with Gasteiger partial charge >= 0.3 is 0 Å². The van der Waals surface area contributed by atoms with Crippen molar-refractivity contribution in [1.82, 2.24) is 10.2 Å². The van der Waals surface area contributed by atoms with Gasteiger partial charge in [-0.15, -0.1) is 0 Å². The smallest absolute Gasteiger partial charge is 0.273 e. The van der Waals surface area contributed by atoms with Gasteiger partial charge in [0.05, 0.1) is 4.92 Å². The molecule has 1 aromatic rings. The summed E-state index contributed by atoms with van der Waals surface area (Å²) >= 11 is 0. The lowest BCUT2D eigenvalue weighted by Crippen LogP contribution is -2.30. The van der Waals surface area contributed by atoms with E-state index >= 15 is 0 Å². The molecule has 0 saturated carbocycles. The Hall–Kier alpha value is -1.95. The maximum Gasteiger partial charge on any atom is 0.273 e. The molecular weight excluding hydrogens is 270 g/mol. The number of carbonyl (C=O) groups is 1. The first-order chi connectivity index (χ1) is 10.0. The van der Waals surface area contributed by atoms with Gasteiger partial charge in [0.1, 0.15) is 0 Å². The molecule has 1 rings (SSSR count). The first-order valence-corrected chi connectivity index (χ1v) is 7.25. The molecule has 0 bridgehead atoms. The van der Waals surface area contributed by atoms with Crippen molar-refractivity contribution in [2.24, 2.45) is 0 Å². The largest absolute Gasteiger partial charge is 0.352 e. The summed E-state index contributed by atoms with van der Waals surface area (Å²) < 4.78 is 0. The number of nitro benzene ring substituents is 1. The number of hydrogen-bond acceptors (Lipinski definition) is 4. The van der Waals surface area contributed by atoms with Crippen LogP contribution in [-0.2, 0) is 0 Å². The fourth-order valence-electron chi connectivity index (χ4n) is 2.21. The minimum absolute atomic E-state index is 0.0224. The Labute approximate surface area is 125 Å². The van der Waals surface area contributed by atoms with Crippen LogP contribution in [0.4, 0.5) is 5.69 Å². The standard InChI is InChI=1S/C15H23N3O3/c1-4-17(5-2)11-7-10-16-15(19)13-8-6-9-14(12(13)3)18(20)21/h6,8-9H,4-5,7,10-11H2,1-3H3,(H,16,19). The predicted molar refractivity (Wildman–Crippen MR) is 82.6 cm³/mol. The van der Waals surface area contributed by atoms with Gasteiger partial charge in [-0.2, -0.15) is 0 Å². The maximum atomic E-state index is 12.1. The molecule has 0 aliphatic heterocycles. The van der Waals surface area contributed by atoms with E-state index in [9.17, 15) is 14.9 Å². The Morgan fingerprint density at radius 3 is 2.57 bits per heavy atom. The quantitative estimate of drug-likeness (QED) is 0.453. The summed E-state index contributed by atoms with van der Waals surface area (Å²) in [6.45, 7) is 9.30. The Bertz CT molecular complexity index is 499. The van der Waals surface area contributed by atoms with Crippen molar-refractivity contribution in [3.05, 3.63) is 39.4 Å². The molecule has 0 aromatic heterocycles. The van der Waals surface area contributed by atoms with Crippen molar-refractivity contribution < 1.29 is 9.72 Å². The minimum atomic E-state index is -0.466. The number of hydrogen-bond donors (Lipinski definition) is 1. The minimum Gasteiger partial charge on any atom is -0.352 e. The van der Waals surface area contributed by atoms with E-state index in [4.69, 9.17) is 0 Å². The van der Waals surface area contributed by atoms with Crippen LogP contribution in [0.3, 0.4) is 0 Å². The summed E-state index contributed by atoms with van der Waals surface area (Å²) in [6, 6.07) is 4.56. The third kappa shape index (κ3) is 4.82. The van der Waals surface area contributed by atoms with E-state index in [2.05, 4.69) is 24.1 Å². The van der Waals surface area contributed by atoms with Crippen LogP contribution in [0, 0.1) is 17.0 Å². The van der Waals surface area contributed by atoms with Crippen molar-refractivity contribution in [3.8, 4) is 0 Å². The first-order valence-electron chi connectivity index (χ1n) is 7.25. The van der Waals surface area contributed by atoms with Gasteiger partial charge < -0.3 is 10.2 Å². The predicted octanol–water partition coefficient (Wildman–Crippen LogP) is 2.36. The molecule has 0 atom stereocenters. The van der Waals surface area contributed by atoms with Crippen LogP contribution in [0.2, 0.25) is 0 Å². The normalized spacial score (nSPS) is 10.7. The Kier molecular flexibility index (Phi) is 6.81. The monoisotopic (exact) mass is 293 g/mol. The maximum absolute atomic E-state index is 12.1. The van der Waals surface area contributed by atoms with Crippen LogP contribution < -0.4 is 5.32 Å². The molecule has 6 heteroatoms. The highest BCUT2D eigenvalue weighted by Crippen LogP contribution is 2.20. The van der Waals surface area contributed by atoms with Gasteiger partial charge in [0, 0.05) is 23.7 Å². The van der Waals surface area contributed by atoms with Gasteiger partial charge in [0.25, 0.3) is 11.6 Å². The zero-order valence-electron chi connectivity index (χ0n) is 12.9. The van der Waals surface area contributed by atoms with Gasteiger partial charge in [-0.25, -0.2) is 0 Å². The van der Waals surface area contributed by atoms with E-state index < -0.39 is 4.92 Å². The van der Waals surface area contributed by atoms with Crippen molar-refractivity contribution in [1.29, 1.82) is 0 Å². The van der Waals surface area contributed by atoms with Crippen LogP contribution >= 0.6 is 0 Å². The van der Waals surface area contributed by atoms with Gasteiger partial charge in [0.2, 0.25) is 0 Å². The number of nitrogens with zero attached hydrogens (tertiary/aromatic N) is 2. The summed E-state index contributed by atoms with van der Waals surface area (Å²) in [5.74, 6) is -0.254. The molecule has 6 nitrogen and oxygen atoms in total. The molecule has 0 aliphatic rings. The molecule has 21 heavy (non-hydrogen) atoms. The average molecular weight is 293 g/mol. The molecule has 116 valence electrons. The van der Waals surface area contributed by atoms with Crippen molar-refractivity contribution in [3.63, 3.8) is 0 Å². The van der Waals surface area contributed by atoms with Gasteiger partial charge in [0.15, 0.2) is 0 Å². The number of amides is 1. The summed E-state index contributed by atoms with van der Waals surface area (Å²) in [7, 11) is 0. The van der Waals surface area contributed by atoms with Crippen LogP contribution in [0.15, 0.2) is 18.2 Å². The van der Waals surface area contributed by atoms with Crippen LogP contribution in [0.5, 0.6) is 0 Å². The molecule has 0 aliphatic carbocycles. The number of nitrogens with one attached hydrogen (secondary N) is 1. The highest BCUT2D eigenvalue weighted by molar-refractivity contribution is 5.96. The SMILES string of the molecule is CCN(CC)CCCNC(=O)c1cccc([N+](=O)[O-])c1C. The van der Waals surface area contributed by atoms with Crippen molar-refractivity contribution >= 4 is 11.6 Å². The second-order valence-corrected chi connectivity index (χ2v) is 4.84. The van der Waals surface area contributed by atoms with Crippen molar-refractivity contribution in [2.75, 3.05) is 26.2 Å². The van der Waals surface area contributed by atoms with E-state index in [0.717, 1.165) is 26.1 Å². The van der Waals surface area contributed by atoms with E-state index in [-0.39, 0.29) is 11.6 Å². The summed E-state index contributed by atoms with van der Waals surface area (Å²) in [4.78, 5) is 24.8. The average Bonchev–Trinajstić information content (AvgIpc) is 2.47. The molecule has 0 fully saturated rings. The molecule has 0 saturated heterocycles. The number of benzene rings is 1. The second-order valence-electron chi connectivity index (χ2n) is 4.84. The second kappa shape index (κ2) is 8.36. The van der Waals surface area contributed by atoms with Crippen LogP contribution in [0.25, 0.3) is 0 Å². The van der Waals surface area contributed by atoms with E-state index in [1.165, 1.54) is 12.1 Å². The summed E-state index contributed by atoms with van der Waals surface area (Å²) in [5.41, 5.74) is 0.751. The molecule has 1 aromatic carbocycles. The Balaban J connectivity index is 2.57. The third-order valence-corrected chi connectivity index (χ3v) is 3.58. The molecule has 1 N–H and O–H groups in total. The molecule has 0 unspecified atom stereocenters. The lowest BCUT2D eigenvalue weighted by Gasteiger charge is -2.17. The molecule has 0 heterocycles. The van der Waals surface area contributed by atoms with Crippen LogP contribution in [-0.4, -0.2) is 41.9 Å². The van der Waals surface area contributed by atoms with E-state index in [0.29, 0.717) is 17.7 Å². The number of rotatable bonds is 8. The number of nitro groups is 1. The number of carbonyl (C=O) groups excluding carboxylic acids is 1.